The molecule has 0 aliphatic rings. The van der Waals surface area contributed by atoms with Crippen LogP contribution in [0.25, 0.3) is 0 Å². The van der Waals surface area contributed by atoms with Crippen molar-refractivity contribution in [3.05, 3.63) is 24.3 Å². The molecule has 4 nitrogen and oxygen atoms in total. The molecular weight excluding hydrogens is 262 g/mol. The summed E-state index contributed by atoms with van der Waals surface area (Å²) in [6.07, 6.45) is 2.43. The highest BCUT2D eigenvalue weighted by Gasteiger charge is 2.05. The van der Waals surface area contributed by atoms with Crippen molar-refractivity contribution in [2.45, 2.75) is 31.1 Å². The smallest absolute Gasteiger partial charge is 0.315 e. The number of amides is 1. The number of anilines is 1. The number of unbranched alkanes of at least 4 members (excludes halogenated alkanes) is 1. The van der Waals surface area contributed by atoms with Crippen LogP contribution in [0.2, 0.25) is 0 Å². The Morgan fingerprint density at radius 2 is 2.16 bits per heavy atom. The monoisotopic (exact) mass is 281 g/mol. The number of benzene rings is 1. The van der Waals surface area contributed by atoms with Gasteiger partial charge in [-0.05, 0) is 24.6 Å². The van der Waals surface area contributed by atoms with E-state index in [9.17, 15) is 9.59 Å². The molecule has 0 aliphatic carbocycles. The number of methoxy groups -OCH3 is 1. The lowest BCUT2D eigenvalue weighted by molar-refractivity contribution is -0.137. The van der Waals surface area contributed by atoms with Gasteiger partial charge in [0.15, 0.2) is 0 Å². The molecule has 0 aromatic heterocycles. The van der Waals surface area contributed by atoms with Crippen molar-refractivity contribution in [2.75, 3.05) is 18.2 Å². The van der Waals surface area contributed by atoms with Crippen LogP contribution in [0.5, 0.6) is 0 Å². The Hall–Kier alpha value is -1.49. The lowest BCUT2D eigenvalue weighted by atomic mass is 10.2. The minimum absolute atomic E-state index is 0.0250. The van der Waals surface area contributed by atoms with E-state index in [-0.39, 0.29) is 17.6 Å². The highest BCUT2D eigenvalue weighted by molar-refractivity contribution is 8.00. The number of carbonyl (C=O) groups excluding carboxylic acids is 2. The van der Waals surface area contributed by atoms with Crippen LogP contribution >= 0.6 is 11.8 Å². The minimum atomic E-state index is -0.262. The Morgan fingerprint density at radius 1 is 1.37 bits per heavy atom. The number of thioether (sulfide) groups is 1. The quantitative estimate of drug-likeness (QED) is 0.616. The van der Waals surface area contributed by atoms with Crippen LogP contribution < -0.4 is 5.32 Å². The van der Waals surface area contributed by atoms with Crippen molar-refractivity contribution in [2.24, 2.45) is 0 Å². The number of ether oxygens (including phenoxy) is 1. The summed E-state index contributed by atoms with van der Waals surface area (Å²) in [6.45, 7) is 2.05. The maximum atomic E-state index is 11.6. The summed E-state index contributed by atoms with van der Waals surface area (Å²) in [5.74, 6) is 0.0309. The standard InChI is InChI=1S/C14H19NO3S/c1-3-4-8-13(16)15-11-6-5-7-12(9-11)19-10-14(17)18-2/h5-7,9H,3-4,8,10H2,1-2H3,(H,15,16). The van der Waals surface area contributed by atoms with Crippen molar-refractivity contribution in [3.63, 3.8) is 0 Å². The molecule has 1 N–H and O–H groups in total. The van der Waals surface area contributed by atoms with Gasteiger partial charge in [0.25, 0.3) is 0 Å². The van der Waals surface area contributed by atoms with E-state index in [4.69, 9.17) is 0 Å². The first-order chi connectivity index (χ1) is 9.15. The molecule has 0 bridgehead atoms. The van der Waals surface area contributed by atoms with E-state index in [1.165, 1.54) is 18.9 Å². The molecule has 0 unspecified atom stereocenters. The van der Waals surface area contributed by atoms with Gasteiger partial charge in [-0.15, -0.1) is 11.8 Å². The van der Waals surface area contributed by atoms with Crippen LogP contribution in [0.15, 0.2) is 29.2 Å². The number of hydrogen-bond donors (Lipinski definition) is 1. The Balaban J connectivity index is 2.51. The fraction of sp³-hybridized carbons (Fsp3) is 0.429. The second-order valence-electron chi connectivity index (χ2n) is 4.04. The van der Waals surface area contributed by atoms with Crippen molar-refractivity contribution >= 4 is 29.3 Å². The highest BCUT2D eigenvalue weighted by Crippen LogP contribution is 2.21. The summed E-state index contributed by atoms with van der Waals surface area (Å²) in [6, 6.07) is 7.45. The predicted molar refractivity (Wildman–Crippen MR) is 77.3 cm³/mol. The summed E-state index contributed by atoms with van der Waals surface area (Å²) in [4.78, 5) is 23.6. The molecule has 1 aromatic rings. The third-order valence-electron chi connectivity index (χ3n) is 2.46. The van der Waals surface area contributed by atoms with Crippen molar-refractivity contribution in [3.8, 4) is 0 Å². The second kappa shape index (κ2) is 8.58. The van der Waals surface area contributed by atoms with Gasteiger partial charge in [0.05, 0.1) is 12.9 Å². The van der Waals surface area contributed by atoms with E-state index < -0.39 is 0 Å². The lowest BCUT2D eigenvalue weighted by Crippen LogP contribution is -2.10. The number of rotatable bonds is 7. The Bertz CT molecular complexity index is 434. The number of carbonyl (C=O) groups is 2. The molecule has 0 saturated carbocycles. The van der Waals surface area contributed by atoms with Crippen LogP contribution in [0.3, 0.4) is 0 Å². The third kappa shape index (κ3) is 6.29. The third-order valence-corrected chi connectivity index (χ3v) is 3.43. The van der Waals surface area contributed by atoms with E-state index in [0.717, 1.165) is 23.4 Å². The SMILES string of the molecule is CCCCC(=O)Nc1cccc(SCC(=O)OC)c1. The molecule has 19 heavy (non-hydrogen) atoms. The molecule has 0 saturated heterocycles. The van der Waals surface area contributed by atoms with Gasteiger partial charge in [0.1, 0.15) is 0 Å². The van der Waals surface area contributed by atoms with E-state index in [1.807, 2.05) is 24.3 Å². The Morgan fingerprint density at radius 3 is 2.84 bits per heavy atom. The fourth-order valence-corrected chi connectivity index (χ4v) is 2.21. The number of nitrogens with one attached hydrogen (secondary N) is 1. The number of hydrogen-bond acceptors (Lipinski definition) is 4. The molecule has 0 radical (unpaired) electrons. The summed E-state index contributed by atoms with van der Waals surface area (Å²) in [7, 11) is 1.37. The zero-order valence-electron chi connectivity index (χ0n) is 11.3. The predicted octanol–water partition coefficient (Wildman–Crippen LogP) is 3.08. The summed E-state index contributed by atoms with van der Waals surface area (Å²) in [5, 5.41) is 2.85. The second-order valence-corrected chi connectivity index (χ2v) is 5.09. The van der Waals surface area contributed by atoms with E-state index in [0.29, 0.717) is 6.42 Å². The summed E-state index contributed by atoms with van der Waals surface area (Å²) in [5.41, 5.74) is 0.760. The molecule has 104 valence electrons. The normalized spacial score (nSPS) is 10.0. The zero-order chi connectivity index (χ0) is 14.1. The van der Waals surface area contributed by atoms with Crippen LogP contribution in [-0.2, 0) is 14.3 Å². The van der Waals surface area contributed by atoms with Crippen LogP contribution in [0.4, 0.5) is 5.69 Å². The van der Waals surface area contributed by atoms with Gasteiger partial charge in [-0.2, -0.15) is 0 Å². The molecule has 1 rings (SSSR count). The van der Waals surface area contributed by atoms with Crippen molar-refractivity contribution in [1.82, 2.24) is 0 Å². The Kier molecular flexibility index (Phi) is 7.03. The van der Waals surface area contributed by atoms with E-state index in [1.54, 1.807) is 0 Å². The minimum Gasteiger partial charge on any atom is -0.468 e. The van der Waals surface area contributed by atoms with Crippen LogP contribution in [-0.4, -0.2) is 24.7 Å². The van der Waals surface area contributed by atoms with E-state index in [2.05, 4.69) is 17.0 Å². The molecule has 0 aliphatic heterocycles. The van der Waals surface area contributed by atoms with Gasteiger partial charge < -0.3 is 10.1 Å². The van der Waals surface area contributed by atoms with Crippen LogP contribution in [0.1, 0.15) is 26.2 Å². The summed E-state index contributed by atoms with van der Waals surface area (Å²) >= 11 is 1.39. The average Bonchev–Trinajstić information content (AvgIpc) is 2.43. The van der Waals surface area contributed by atoms with Gasteiger partial charge >= 0.3 is 5.97 Å². The molecule has 0 spiro atoms. The zero-order valence-corrected chi connectivity index (χ0v) is 12.1. The molecule has 1 amide bonds. The van der Waals surface area contributed by atoms with E-state index >= 15 is 0 Å². The number of esters is 1. The topological polar surface area (TPSA) is 55.4 Å². The van der Waals surface area contributed by atoms with Gasteiger partial charge in [0.2, 0.25) is 5.91 Å². The van der Waals surface area contributed by atoms with Gasteiger partial charge in [0, 0.05) is 17.0 Å². The molecule has 0 fully saturated rings. The van der Waals surface area contributed by atoms with Gasteiger partial charge in [-0.25, -0.2) is 0 Å². The molecular formula is C14H19NO3S. The van der Waals surface area contributed by atoms with Crippen molar-refractivity contribution < 1.29 is 14.3 Å². The maximum absolute atomic E-state index is 11.6. The fourth-order valence-electron chi connectivity index (χ4n) is 1.43. The maximum Gasteiger partial charge on any atom is 0.315 e. The summed E-state index contributed by atoms with van der Waals surface area (Å²) < 4.78 is 4.58. The first-order valence-electron chi connectivity index (χ1n) is 6.25. The van der Waals surface area contributed by atoms with Gasteiger partial charge in [-0.1, -0.05) is 19.4 Å². The van der Waals surface area contributed by atoms with Gasteiger partial charge in [-0.3, -0.25) is 9.59 Å². The lowest BCUT2D eigenvalue weighted by Gasteiger charge is -2.06. The van der Waals surface area contributed by atoms with Crippen molar-refractivity contribution in [1.29, 1.82) is 0 Å². The van der Waals surface area contributed by atoms with Crippen LogP contribution in [0, 0.1) is 0 Å². The highest BCUT2D eigenvalue weighted by atomic mass is 32.2. The largest absolute Gasteiger partial charge is 0.468 e. The molecule has 0 heterocycles. The molecule has 5 heteroatoms. The average molecular weight is 281 g/mol. The molecule has 1 aromatic carbocycles. The first-order valence-corrected chi connectivity index (χ1v) is 7.23. The first kappa shape index (κ1) is 15.6. The molecule has 0 atom stereocenters. The Labute approximate surface area is 117 Å².